The molecule has 1 atom stereocenters. The van der Waals surface area contributed by atoms with E-state index in [0.717, 1.165) is 54.1 Å². The first-order valence-electron chi connectivity index (χ1n) is 11.1. The van der Waals surface area contributed by atoms with Gasteiger partial charge in [0, 0.05) is 51.6 Å². The Morgan fingerprint density at radius 3 is 2.61 bits per heavy atom. The SMILES string of the molecule is CCn1c(C)nc2cc(C(=O)N(Cc3ccc(N(C)C)cc3)CC3CCCO3)ccc21. The van der Waals surface area contributed by atoms with Crippen molar-refractivity contribution >= 4 is 22.6 Å². The summed E-state index contributed by atoms with van der Waals surface area (Å²) in [5, 5.41) is 0. The van der Waals surface area contributed by atoms with Crippen LogP contribution < -0.4 is 4.90 Å². The molecule has 1 saturated heterocycles. The summed E-state index contributed by atoms with van der Waals surface area (Å²) in [5.74, 6) is 0.997. The van der Waals surface area contributed by atoms with Gasteiger partial charge in [0.05, 0.1) is 17.1 Å². The number of carbonyl (C=O) groups is 1. The van der Waals surface area contributed by atoms with Gasteiger partial charge in [-0.2, -0.15) is 0 Å². The van der Waals surface area contributed by atoms with Crippen molar-refractivity contribution in [2.75, 3.05) is 32.1 Å². The summed E-state index contributed by atoms with van der Waals surface area (Å²) in [7, 11) is 4.06. The number of carbonyl (C=O) groups excluding carboxylic acids is 1. The topological polar surface area (TPSA) is 50.6 Å². The zero-order valence-corrected chi connectivity index (χ0v) is 19.0. The lowest BCUT2D eigenvalue weighted by atomic mass is 10.1. The molecule has 0 spiro atoms. The average molecular weight is 421 g/mol. The minimum atomic E-state index is 0.0257. The second-order valence-corrected chi connectivity index (χ2v) is 8.49. The van der Waals surface area contributed by atoms with Crippen LogP contribution in [-0.2, 0) is 17.8 Å². The van der Waals surface area contributed by atoms with Gasteiger partial charge in [-0.1, -0.05) is 12.1 Å². The molecule has 0 aliphatic carbocycles. The number of ether oxygens (including phenoxy) is 1. The Hall–Kier alpha value is -2.86. The van der Waals surface area contributed by atoms with E-state index >= 15 is 0 Å². The van der Waals surface area contributed by atoms with Crippen LogP contribution in [0.15, 0.2) is 42.5 Å². The maximum atomic E-state index is 13.5. The predicted molar refractivity (Wildman–Crippen MR) is 125 cm³/mol. The summed E-state index contributed by atoms with van der Waals surface area (Å²) in [6.07, 6.45) is 2.17. The zero-order chi connectivity index (χ0) is 22.0. The predicted octanol–water partition coefficient (Wildman–Crippen LogP) is 4.25. The van der Waals surface area contributed by atoms with Gasteiger partial charge in [0.1, 0.15) is 5.82 Å². The molecule has 0 bridgehead atoms. The van der Waals surface area contributed by atoms with E-state index in [1.807, 2.05) is 44.1 Å². The molecule has 1 aliphatic heterocycles. The van der Waals surface area contributed by atoms with Gasteiger partial charge in [0.15, 0.2) is 0 Å². The van der Waals surface area contributed by atoms with Crippen LogP contribution in [0.3, 0.4) is 0 Å². The van der Waals surface area contributed by atoms with E-state index in [1.54, 1.807) is 0 Å². The van der Waals surface area contributed by atoms with Crippen molar-refractivity contribution in [2.45, 2.75) is 45.9 Å². The highest BCUT2D eigenvalue weighted by molar-refractivity contribution is 5.97. The fourth-order valence-corrected chi connectivity index (χ4v) is 4.34. The number of benzene rings is 2. The van der Waals surface area contributed by atoms with Gasteiger partial charge in [-0.3, -0.25) is 4.79 Å². The summed E-state index contributed by atoms with van der Waals surface area (Å²) in [5.41, 5.74) is 4.88. The Kier molecular flexibility index (Phi) is 6.28. The summed E-state index contributed by atoms with van der Waals surface area (Å²) in [6, 6.07) is 14.3. The number of hydrogen-bond acceptors (Lipinski definition) is 4. The standard InChI is InChI=1S/C25H32N4O2/c1-5-29-18(2)26-23-15-20(10-13-24(23)29)25(30)28(17-22-7-6-14-31-22)16-19-8-11-21(12-9-19)27(3)4/h8-13,15,22H,5-7,14,16-17H2,1-4H3. The van der Waals surface area contributed by atoms with Crippen LogP contribution in [0.2, 0.25) is 0 Å². The molecule has 1 amide bonds. The molecular weight excluding hydrogens is 388 g/mol. The maximum absolute atomic E-state index is 13.5. The minimum Gasteiger partial charge on any atom is -0.378 e. The molecule has 2 heterocycles. The Balaban J connectivity index is 1.60. The fourth-order valence-electron chi connectivity index (χ4n) is 4.34. The van der Waals surface area contributed by atoms with Gasteiger partial charge < -0.3 is 19.1 Å². The molecule has 1 aromatic heterocycles. The number of rotatable bonds is 7. The number of amides is 1. The highest BCUT2D eigenvalue weighted by atomic mass is 16.5. The molecular formula is C25H32N4O2. The van der Waals surface area contributed by atoms with Gasteiger partial charge in [-0.15, -0.1) is 0 Å². The molecule has 4 rings (SSSR count). The van der Waals surface area contributed by atoms with E-state index in [1.165, 1.54) is 0 Å². The van der Waals surface area contributed by atoms with E-state index in [2.05, 4.69) is 45.6 Å². The molecule has 1 aliphatic rings. The Labute approximate surface area is 184 Å². The first-order chi connectivity index (χ1) is 15.0. The van der Waals surface area contributed by atoms with Crippen LogP contribution in [0, 0.1) is 6.92 Å². The zero-order valence-electron chi connectivity index (χ0n) is 19.0. The van der Waals surface area contributed by atoms with Crippen molar-refractivity contribution < 1.29 is 9.53 Å². The molecule has 0 N–H and O–H groups in total. The van der Waals surface area contributed by atoms with Crippen molar-refractivity contribution in [3.8, 4) is 0 Å². The molecule has 2 aromatic carbocycles. The van der Waals surface area contributed by atoms with Crippen LogP contribution in [0.5, 0.6) is 0 Å². The summed E-state index contributed by atoms with van der Waals surface area (Å²) < 4.78 is 8.01. The maximum Gasteiger partial charge on any atom is 0.254 e. The summed E-state index contributed by atoms with van der Waals surface area (Å²) >= 11 is 0. The molecule has 6 nitrogen and oxygen atoms in total. The Bertz CT molecular complexity index is 1050. The lowest BCUT2D eigenvalue weighted by molar-refractivity contribution is 0.0507. The van der Waals surface area contributed by atoms with E-state index in [-0.39, 0.29) is 12.0 Å². The first-order valence-corrected chi connectivity index (χ1v) is 11.1. The van der Waals surface area contributed by atoms with E-state index in [9.17, 15) is 4.79 Å². The Morgan fingerprint density at radius 1 is 1.19 bits per heavy atom. The molecule has 1 unspecified atom stereocenters. The van der Waals surface area contributed by atoms with E-state index in [4.69, 9.17) is 4.74 Å². The quantitative estimate of drug-likeness (QED) is 0.573. The van der Waals surface area contributed by atoms with Crippen molar-refractivity contribution in [3.05, 3.63) is 59.4 Å². The highest BCUT2D eigenvalue weighted by Crippen LogP contribution is 2.22. The largest absolute Gasteiger partial charge is 0.378 e. The number of nitrogens with zero attached hydrogens (tertiary/aromatic N) is 4. The third-order valence-corrected chi connectivity index (χ3v) is 6.06. The number of aromatic nitrogens is 2. The van der Waals surface area contributed by atoms with Gasteiger partial charge in [0.2, 0.25) is 0 Å². The fraction of sp³-hybridized carbons (Fsp3) is 0.440. The number of imidazole rings is 1. The van der Waals surface area contributed by atoms with E-state index < -0.39 is 0 Å². The smallest absolute Gasteiger partial charge is 0.254 e. The third kappa shape index (κ3) is 4.59. The van der Waals surface area contributed by atoms with Crippen molar-refractivity contribution in [2.24, 2.45) is 0 Å². The van der Waals surface area contributed by atoms with Crippen LogP contribution in [0.25, 0.3) is 11.0 Å². The normalized spacial score (nSPS) is 16.1. The molecule has 31 heavy (non-hydrogen) atoms. The lowest BCUT2D eigenvalue weighted by Gasteiger charge is -2.26. The number of aryl methyl sites for hydroxylation is 2. The molecule has 164 valence electrons. The van der Waals surface area contributed by atoms with Crippen molar-refractivity contribution in [1.29, 1.82) is 0 Å². The first kappa shape index (κ1) is 21.4. The van der Waals surface area contributed by atoms with Crippen LogP contribution in [0.4, 0.5) is 5.69 Å². The Morgan fingerprint density at radius 2 is 1.97 bits per heavy atom. The second kappa shape index (κ2) is 9.10. The van der Waals surface area contributed by atoms with Crippen LogP contribution in [-0.4, -0.2) is 53.7 Å². The van der Waals surface area contributed by atoms with Gasteiger partial charge in [-0.25, -0.2) is 4.98 Å². The lowest BCUT2D eigenvalue weighted by Crippen LogP contribution is -2.37. The highest BCUT2D eigenvalue weighted by Gasteiger charge is 2.24. The van der Waals surface area contributed by atoms with Crippen molar-refractivity contribution in [1.82, 2.24) is 14.5 Å². The molecule has 6 heteroatoms. The van der Waals surface area contributed by atoms with Crippen LogP contribution >= 0.6 is 0 Å². The molecule has 0 radical (unpaired) electrons. The monoisotopic (exact) mass is 420 g/mol. The summed E-state index contributed by atoms with van der Waals surface area (Å²) in [4.78, 5) is 22.2. The van der Waals surface area contributed by atoms with E-state index in [0.29, 0.717) is 18.7 Å². The summed E-state index contributed by atoms with van der Waals surface area (Å²) in [6.45, 7) is 6.93. The second-order valence-electron chi connectivity index (χ2n) is 8.49. The third-order valence-electron chi connectivity index (χ3n) is 6.06. The molecule has 3 aromatic rings. The van der Waals surface area contributed by atoms with Gasteiger partial charge in [0.25, 0.3) is 5.91 Å². The van der Waals surface area contributed by atoms with Gasteiger partial charge >= 0.3 is 0 Å². The average Bonchev–Trinajstić information content (AvgIpc) is 3.39. The van der Waals surface area contributed by atoms with Crippen molar-refractivity contribution in [3.63, 3.8) is 0 Å². The van der Waals surface area contributed by atoms with Crippen LogP contribution in [0.1, 0.15) is 41.5 Å². The number of hydrogen-bond donors (Lipinski definition) is 0. The minimum absolute atomic E-state index is 0.0257. The molecule has 1 fully saturated rings. The van der Waals surface area contributed by atoms with Gasteiger partial charge in [-0.05, 0) is 62.6 Å². The molecule has 0 saturated carbocycles. The number of fused-ring (bicyclic) bond motifs is 1. The number of anilines is 1.